The summed E-state index contributed by atoms with van der Waals surface area (Å²) < 4.78 is 30.2. The molecule has 5 rings (SSSR count). The largest absolute Gasteiger partial charge is 0.399 e. The van der Waals surface area contributed by atoms with Gasteiger partial charge in [-0.25, -0.2) is 8.78 Å². The number of fused-ring (bicyclic) bond motifs is 4. The molecule has 0 radical (unpaired) electrons. The van der Waals surface area contributed by atoms with Gasteiger partial charge in [-0.2, -0.15) is 0 Å². The maximum absolute atomic E-state index is 14.7. The maximum atomic E-state index is 14.7. The molecule has 2 aromatic carbocycles. The number of hydrogen-bond acceptors (Lipinski definition) is 4. The molecular formula is C29H28ClF2N4O3+. The summed E-state index contributed by atoms with van der Waals surface area (Å²) in [6.45, 7) is 2.01. The fraction of sp³-hybridized carbons (Fsp3) is 0.276. The van der Waals surface area contributed by atoms with Crippen LogP contribution in [0.5, 0.6) is 0 Å². The molecule has 4 N–H and O–H groups in total. The minimum atomic E-state index is -0.900. The zero-order valence-corrected chi connectivity index (χ0v) is 22.0. The number of carbonyl (C=O) groups excluding carboxylic acids is 2. The van der Waals surface area contributed by atoms with Crippen LogP contribution in [0, 0.1) is 17.6 Å². The van der Waals surface area contributed by atoms with Crippen molar-refractivity contribution in [1.29, 1.82) is 0 Å². The van der Waals surface area contributed by atoms with Gasteiger partial charge in [0, 0.05) is 46.7 Å². The molecule has 202 valence electrons. The summed E-state index contributed by atoms with van der Waals surface area (Å²) in [5, 5.41) is 13.6. The number of hydrogen-bond donors (Lipinski definition) is 3. The van der Waals surface area contributed by atoms with Gasteiger partial charge in [-0.15, -0.1) is 0 Å². The third-order valence-corrected chi connectivity index (χ3v) is 7.72. The second-order valence-corrected chi connectivity index (χ2v) is 10.4. The Labute approximate surface area is 229 Å². The smallest absolute Gasteiger partial charge is 0.257 e. The van der Waals surface area contributed by atoms with Crippen LogP contribution in [-0.2, 0) is 9.59 Å². The minimum absolute atomic E-state index is 0.139. The van der Waals surface area contributed by atoms with Crippen molar-refractivity contribution in [3.8, 4) is 11.1 Å². The predicted molar refractivity (Wildman–Crippen MR) is 144 cm³/mol. The average Bonchev–Trinajstić information content (AvgIpc) is 2.90. The molecule has 39 heavy (non-hydrogen) atoms. The van der Waals surface area contributed by atoms with Gasteiger partial charge in [-0.05, 0) is 54.7 Å². The molecular weight excluding hydrogens is 526 g/mol. The van der Waals surface area contributed by atoms with E-state index in [1.165, 1.54) is 12.3 Å². The normalized spacial score (nSPS) is 19.9. The summed E-state index contributed by atoms with van der Waals surface area (Å²) in [7, 11) is 0. The molecule has 2 unspecified atom stereocenters. The lowest BCUT2D eigenvalue weighted by molar-refractivity contribution is -0.910. The van der Waals surface area contributed by atoms with Crippen molar-refractivity contribution in [3.05, 3.63) is 82.7 Å². The van der Waals surface area contributed by atoms with Crippen molar-refractivity contribution in [2.45, 2.75) is 38.6 Å². The molecule has 0 fully saturated rings. The SMILES string of the molecule is CC1CCCC(N2CCC(c3c(F)ccc(Cl)c3F)=CC2=O)c2cc(cc[n+]2O)-c2ccc(N)cc2NC1=O. The van der Waals surface area contributed by atoms with E-state index in [-0.39, 0.29) is 40.9 Å². The van der Waals surface area contributed by atoms with Crippen LogP contribution in [-0.4, -0.2) is 28.5 Å². The molecule has 2 aliphatic heterocycles. The summed E-state index contributed by atoms with van der Waals surface area (Å²) in [5.74, 6) is -2.57. The first-order valence-corrected chi connectivity index (χ1v) is 13.1. The molecule has 0 saturated heterocycles. The third-order valence-electron chi connectivity index (χ3n) is 7.42. The van der Waals surface area contributed by atoms with Gasteiger partial charge < -0.3 is 16.0 Å². The first-order valence-electron chi connectivity index (χ1n) is 12.7. The monoisotopic (exact) mass is 553 g/mol. The van der Waals surface area contributed by atoms with Crippen LogP contribution in [0.2, 0.25) is 5.02 Å². The van der Waals surface area contributed by atoms with Crippen molar-refractivity contribution in [2.24, 2.45) is 5.92 Å². The number of halogens is 3. The van der Waals surface area contributed by atoms with E-state index in [1.54, 1.807) is 35.2 Å². The van der Waals surface area contributed by atoms with Gasteiger partial charge >= 0.3 is 0 Å². The molecule has 10 heteroatoms. The number of nitrogen functional groups attached to an aromatic ring is 1. The number of pyridine rings is 1. The van der Waals surface area contributed by atoms with Gasteiger partial charge in [0.25, 0.3) is 5.69 Å². The number of anilines is 2. The Balaban J connectivity index is 1.57. The number of nitrogens with one attached hydrogen (secondary N) is 1. The Kier molecular flexibility index (Phi) is 7.27. The summed E-state index contributed by atoms with van der Waals surface area (Å²) >= 11 is 5.87. The first kappa shape index (κ1) is 26.6. The van der Waals surface area contributed by atoms with E-state index >= 15 is 0 Å². The molecule has 2 aliphatic rings. The van der Waals surface area contributed by atoms with Crippen LogP contribution in [0.1, 0.15) is 49.9 Å². The highest BCUT2D eigenvalue weighted by Crippen LogP contribution is 2.37. The van der Waals surface area contributed by atoms with Crippen molar-refractivity contribution >= 4 is 40.4 Å². The van der Waals surface area contributed by atoms with E-state index in [0.717, 1.165) is 16.9 Å². The minimum Gasteiger partial charge on any atom is -0.399 e. The molecule has 7 nitrogen and oxygen atoms in total. The summed E-state index contributed by atoms with van der Waals surface area (Å²) in [4.78, 5) is 27.9. The second kappa shape index (κ2) is 10.6. The summed E-state index contributed by atoms with van der Waals surface area (Å²) in [5.41, 5.74) is 8.87. The van der Waals surface area contributed by atoms with Crippen molar-refractivity contribution < 1.29 is 28.3 Å². The van der Waals surface area contributed by atoms with Crippen LogP contribution < -0.4 is 15.8 Å². The number of carbonyl (C=O) groups is 2. The Morgan fingerprint density at radius 3 is 2.69 bits per heavy atom. The van der Waals surface area contributed by atoms with E-state index in [1.807, 2.05) is 6.92 Å². The lowest BCUT2D eigenvalue weighted by Crippen LogP contribution is -2.45. The fourth-order valence-corrected chi connectivity index (χ4v) is 5.45. The summed E-state index contributed by atoms with van der Waals surface area (Å²) in [6, 6.07) is 10.4. The Hall–Kier alpha value is -3.98. The van der Waals surface area contributed by atoms with Crippen molar-refractivity contribution in [1.82, 2.24) is 4.90 Å². The molecule has 0 spiro atoms. The predicted octanol–water partition coefficient (Wildman–Crippen LogP) is 5.51. The Morgan fingerprint density at radius 2 is 1.92 bits per heavy atom. The second-order valence-electron chi connectivity index (χ2n) is 10.00. The number of nitrogens with zero attached hydrogens (tertiary/aromatic N) is 2. The molecule has 0 saturated carbocycles. The molecule has 3 heterocycles. The van der Waals surface area contributed by atoms with E-state index in [4.69, 9.17) is 17.3 Å². The van der Waals surface area contributed by atoms with Crippen LogP contribution in [0.15, 0.2) is 54.7 Å². The van der Waals surface area contributed by atoms with Crippen LogP contribution in [0.4, 0.5) is 20.2 Å². The lowest BCUT2D eigenvalue weighted by atomic mass is 9.92. The highest BCUT2D eigenvalue weighted by Gasteiger charge is 2.35. The van der Waals surface area contributed by atoms with E-state index in [0.29, 0.717) is 47.5 Å². The molecule has 2 bridgehead atoms. The zero-order valence-electron chi connectivity index (χ0n) is 21.3. The van der Waals surface area contributed by atoms with E-state index in [2.05, 4.69) is 5.32 Å². The highest BCUT2D eigenvalue weighted by molar-refractivity contribution is 6.31. The quantitative estimate of drug-likeness (QED) is 0.169. The van der Waals surface area contributed by atoms with Gasteiger partial charge in [-0.3, -0.25) is 14.8 Å². The van der Waals surface area contributed by atoms with Gasteiger partial charge in [0.1, 0.15) is 11.9 Å². The van der Waals surface area contributed by atoms with Crippen molar-refractivity contribution in [3.63, 3.8) is 0 Å². The van der Waals surface area contributed by atoms with E-state index in [9.17, 15) is 23.6 Å². The number of benzene rings is 2. The number of amides is 2. The Morgan fingerprint density at radius 1 is 1.13 bits per heavy atom. The van der Waals surface area contributed by atoms with Gasteiger partial charge in [-0.1, -0.05) is 31.0 Å². The third kappa shape index (κ3) is 5.18. The number of rotatable bonds is 2. The molecule has 0 aliphatic carbocycles. The van der Waals surface area contributed by atoms with Gasteiger partial charge in [0.05, 0.1) is 16.3 Å². The zero-order chi connectivity index (χ0) is 27.8. The van der Waals surface area contributed by atoms with Gasteiger partial charge in [0.2, 0.25) is 18.0 Å². The molecule has 2 atom stereocenters. The average molecular weight is 554 g/mol. The summed E-state index contributed by atoms with van der Waals surface area (Å²) in [6.07, 6.45) is 4.52. The first-order chi connectivity index (χ1) is 18.6. The highest BCUT2D eigenvalue weighted by atomic mass is 35.5. The van der Waals surface area contributed by atoms with Crippen LogP contribution in [0.3, 0.4) is 0 Å². The maximum Gasteiger partial charge on any atom is 0.257 e. The lowest BCUT2D eigenvalue weighted by Gasteiger charge is -2.33. The topological polar surface area (TPSA) is 99.5 Å². The molecule has 2 amide bonds. The number of aromatic nitrogens is 1. The number of nitrogens with two attached hydrogens (primary N) is 1. The standard InChI is InChI=1S/C29H27ClF2N4O3/c1-16-3-2-4-24(35-11-9-18(14-26(35)37)27-22(31)8-7-21(30)28(27)32)25-13-17(10-12-36(25)39)20-6-5-19(33)15-23(20)34-29(16)38/h5-8,10,12-16,24,39H,2-4,9,11H2,1H3,(H2,33,34,38)/p+1. The van der Waals surface area contributed by atoms with E-state index < -0.39 is 23.6 Å². The van der Waals surface area contributed by atoms with Gasteiger partial charge in [0.15, 0.2) is 5.82 Å². The van der Waals surface area contributed by atoms with Crippen molar-refractivity contribution in [2.75, 3.05) is 17.6 Å². The fourth-order valence-electron chi connectivity index (χ4n) is 5.30. The Bertz CT molecular complexity index is 1510. The molecule has 1 aromatic heterocycles. The van der Waals surface area contributed by atoms with Crippen LogP contribution >= 0.6 is 11.6 Å². The molecule has 3 aromatic rings. The van der Waals surface area contributed by atoms with Crippen LogP contribution in [0.25, 0.3) is 16.7 Å².